The van der Waals surface area contributed by atoms with Crippen molar-refractivity contribution in [3.8, 4) is 0 Å². The second-order valence-electron chi connectivity index (χ2n) is 5.15. The number of aromatic carboxylic acids is 1. The molecule has 1 heterocycles. The van der Waals surface area contributed by atoms with Gasteiger partial charge in [0, 0.05) is 5.69 Å². The van der Waals surface area contributed by atoms with Crippen molar-refractivity contribution in [1.82, 2.24) is 10.2 Å². The summed E-state index contributed by atoms with van der Waals surface area (Å²) in [5, 5.41) is 20.3. The number of rotatable bonds is 5. The molecule has 2 N–H and O–H groups in total. The highest BCUT2D eigenvalue weighted by molar-refractivity contribution is 7.15. The van der Waals surface area contributed by atoms with E-state index in [9.17, 15) is 9.59 Å². The molecule has 0 bridgehead atoms. The van der Waals surface area contributed by atoms with Gasteiger partial charge in [0.15, 0.2) is 5.01 Å². The molecule has 0 aliphatic carbocycles. The van der Waals surface area contributed by atoms with Gasteiger partial charge >= 0.3 is 5.97 Å². The smallest absolute Gasteiger partial charge is 0.335 e. The minimum absolute atomic E-state index is 0.189. The highest BCUT2D eigenvalue weighted by Crippen LogP contribution is 2.26. The molecule has 26 heavy (non-hydrogen) atoms. The molecule has 130 valence electrons. The zero-order chi connectivity index (χ0) is 18.5. The Balaban J connectivity index is 1.73. The molecule has 1 amide bonds. The summed E-state index contributed by atoms with van der Waals surface area (Å²) in [5.41, 5.74) is 1.56. The predicted octanol–water partition coefficient (Wildman–Crippen LogP) is 4.23. The molecular weight excluding hydrogens is 374 g/mol. The highest BCUT2D eigenvalue weighted by Gasteiger charge is 2.14. The standard InChI is InChI=1S/C18H12ClN3O3S/c19-14(10-11-6-8-12(9-7-11)18(24)25)16-21-22-17(26-16)15(23)20-13-4-2-1-3-5-13/h1-10H,(H,20,23)(H,24,25)/b14-10+. The van der Waals surface area contributed by atoms with E-state index in [-0.39, 0.29) is 16.5 Å². The minimum atomic E-state index is -0.996. The number of hydrogen-bond donors (Lipinski definition) is 2. The van der Waals surface area contributed by atoms with Crippen molar-refractivity contribution in [3.63, 3.8) is 0 Å². The van der Waals surface area contributed by atoms with Gasteiger partial charge in [0.1, 0.15) is 0 Å². The first-order valence-corrected chi connectivity index (χ1v) is 8.63. The van der Waals surface area contributed by atoms with E-state index < -0.39 is 5.97 Å². The predicted molar refractivity (Wildman–Crippen MR) is 101 cm³/mol. The van der Waals surface area contributed by atoms with Gasteiger partial charge in [-0.1, -0.05) is 53.3 Å². The van der Waals surface area contributed by atoms with E-state index in [0.29, 0.717) is 21.3 Å². The lowest BCUT2D eigenvalue weighted by Gasteiger charge is -2.00. The first kappa shape index (κ1) is 17.8. The molecule has 3 rings (SSSR count). The third-order valence-corrected chi connectivity index (χ3v) is 4.66. The van der Waals surface area contributed by atoms with Crippen molar-refractivity contribution < 1.29 is 14.7 Å². The number of halogens is 1. The molecule has 0 saturated carbocycles. The lowest BCUT2D eigenvalue weighted by Crippen LogP contribution is -2.11. The number of carboxylic acid groups (broad SMARTS) is 1. The quantitative estimate of drug-likeness (QED) is 0.685. The number of nitrogens with zero attached hydrogens (tertiary/aromatic N) is 2. The van der Waals surface area contributed by atoms with Crippen LogP contribution in [0.2, 0.25) is 0 Å². The van der Waals surface area contributed by atoms with Gasteiger partial charge in [0.25, 0.3) is 5.91 Å². The van der Waals surface area contributed by atoms with E-state index in [4.69, 9.17) is 16.7 Å². The Morgan fingerprint density at radius 3 is 2.31 bits per heavy atom. The number of carbonyl (C=O) groups is 2. The molecule has 0 spiro atoms. The lowest BCUT2D eigenvalue weighted by atomic mass is 10.1. The van der Waals surface area contributed by atoms with Crippen molar-refractivity contribution in [1.29, 1.82) is 0 Å². The summed E-state index contributed by atoms with van der Waals surface area (Å²) in [6.45, 7) is 0. The van der Waals surface area contributed by atoms with Crippen molar-refractivity contribution in [2.24, 2.45) is 0 Å². The third kappa shape index (κ3) is 4.33. The van der Waals surface area contributed by atoms with E-state index >= 15 is 0 Å². The molecular formula is C18H12ClN3O3S. The molecule has 0 radical (unpaired) electrons. The van der Waals surface area contributed by atoms with Crippen LogP contribution in [0.1, 0.15) is 30.7 Å². The van der Waals surface area contributed by atoms with Crippen LogP contribution in [0.25, 0.3) is 11.1 Å². The number of hydrogen-bond acceptors (Lipinski definition) is 5. The van der Waals surface area contributed by atoms with Gasteiger partial charge in [-0.2, -0.15) is 0 Å². The molecule has 2 aromatic carbocycles. The Morgan fingerprint density at radius 1 is 1.00 bits per heavy atom. The second kappa shape index (κ2) is 7.90. The number of anilines is 1. The van der Waals surface area contributed by atoms with Gasteiger partial charge in [-0.15, -0.1) is 10.2 Å². The van der Waals surface area contributed by atoms with E-state index in [1.54, 1.807) is 30.3 Å². The summed E-state index contributed by atoms with van der Waals surface area (Å²) in [4.78, 5) is 23.0. The molecule has 0 saturated heterocycles. The monoisotopic (exact) mass is 385 g/mol. The van der Waals surface area contributed by atoms with E-state index in [2.05, 4.69) is 15.5 Å². The van der Waals surface area contributed by atoms with Crippen LogP contribution < -0.4 is 5.32 Å². The molecule has 0 unspecified atom stereocenters. The van der Waals surface area contributed by atoms with Gasteiger partial charge in [-0.05, 0) is 35.9 Å². The number of amides is 1. The van der Waals surface area contributed by atoms with Crippen LogP contribution in [0.15, 0.2) is 54.6 Å². The lowest BCUT2D eigenvalue weighted by molar-refractivity contribution is 0.0696. The average Bonchev–Trinajstić information content (AvgIpc) is 3.13. The number of nitrogens with one attached hydrogen (secondary N) is 1. The van der Waals surface area contributed by atoms with E-state index in [0.717, 1.165) is 11.3 Å². The maximum Gasteiger partial charge on any atom is 0.335 e. The van der Waals surface area contributed by atoms with Crippen LogP contribution >= 0.6 is 22.9 Å². The number of carboxylic acids is 1. The summed E-state index contributed by atoms with van der Waals surface area (Å²) in [6, 6.07) is 15.3. The second-order valence-corrected chi connectivity index (χ2v) is 6.54. The van der Waals surface area contributed by atoms with Crippen molar-refractivity contribution in [2.45, 2.75) is 0 Å². The van der Waals surface area contributed by atoms with E-state index in [1.807, 2.05) is 18.2 Å². The molecule has 0 aliphatic heterocycles. The molecule has 8 heteroatoms. The first-order valence-electron chi connectivity index (χ1n) is 7.44. The van der Waals surface area contributed by atoms with Crippen LogP contribution in [-0.2, 0) is 0 Å². The number of para-hydroxylation sites is 1. The molecule has 1 aromatic heterocycles. The van der Waals surface area contributed by atoms with Crippen molar-refractivity contribution >= 4 is 51.6 Å². The summed E-state index contributed by atoms with van der Waals surface area (Å²) in [7, 11) is 0. The van der Waals surface area contributed by atoms with Gasteiger partial charge in [0.2, 0.25) is 5.01 Å². The maximum atomic E-state index is 12.2. The topological polar surface area (TPSA) is 92.2 Å². The van der Waals surface area contributed by atoms with Crippen LogP contribution in [0.5, 0.6) is 0 Å². The van der Waals surface area contributed by atoms with Gasteiger partial charge < -0.3 is 10.4 Å². The number of benzene rings is 2. The Labute approximate surface area is 157 Å². The molecule has 6 nitrogen and oxygen atoms in total. The van der Waals surface area contributed by atoms with E-state index in [1.165, 1.54) is 12.1 Å². The molecule has 0 fully saturated rings. The maximum absolute atomic E-state index is 12.2. The summed E-state index contributed by atoms with van der Waals surface area (Å²) in [5.74, 6) is -1.36. The molecule has 0 atom stereocenters. The first-order chi connectivity index (χ1) is 12.5. The van der Waals surface area contributed by atoms with Crippen molar-refractivity contribution in [2.75, 3.05) is 5.32 Å². The van der Waals surface area contributed by atoms with Crippen LogP contribution in [-0.4, -0.2) is 27.2 Å². The summed E-state index contributed by atoms with van der Waals surface area (Å²) in [6.07, 6.45) is 1.63. The zero-order valence-electron chi connectivity index (χ0n) is 13.2. The number of aromatic nitrogens is 2. The van der Waals surface area contributed by atoms with Crippen LogP contribution in [0.4, 0.5) is 5.69 Å². The normalized spacial score (nSPS) is 11.2. The fourth-order valence-corrected chi connectivity index (χ4v) is 2.97. The van der Waals surface area contributed by atoms with Gasteiger partial charge in [-0.25, -0.2) is 4.79 Å². The average molecular weight is 386 g/mol. The SMILES string of the molecule is O=C(O)c1ccc(/C=C(/Cl)c2nnc(C(=O)Nc3ccccc3)s2)cc1. The Bertz CT molecular complexity index is 969. The Kier molecular flexibility index (Phi) is 5.40. The van der Waals surface area contributed by atoms with Crippen LogP contribution in [0, 0.1) is 0 Å². The number of carbonyl (C=O) groups excluding carboxylic acids is 1. The largest absolute Gasteiger partial charge is 0.478 e. The summed E-state index contributed by atoms with van der Waals surface area (Å²) >= 11 is 7.31. The van der Waals surface area contributed by atoms with Gasteiger partial charge in [0.05, 0.1) is 10.6 Å². The third-order valence-electron chi connectivity index (χ3n) is 3.31. The zero-order valence-corrected chi connectivity index (χ0v) is 14.8. The highest BCUT2D eigenvalue weighted by atomic mass is 35.5. The Morgan fingerprint density at radius 2 is 1.65 bits per heavy atom. The molecule has 0 aliphatic rings. The fourth-order valence-electron chi connectivity index (χ4n) is 2.05. The fraction of sp³-hybridized carbons (Fsp3) is 0. The summed E-state index contributed by atoms with van der Waals surface area (Å²) < 4.78 is 0. The van der Waals surface area contributed by atoms with Crippen LogP contribution in [0.3, 0.4) is 0 Å². The minimum Gasteiger partial charge on any atom is -0.478 e. The Hall–Kier alpha value is -3.03. The molecule has 3 aromatic rings. The van der Waals surface area contributed by atoms with Gasteiger partial charge in [-0.3, -0.25) is 4.79 Å². The van der Waals surface area contributed by atoms with Crippen molar-refractivity contribution in [3.05, 3.63) is 75.7 Å².